The second kappa shape index (κ2) is 6.83. The molecule has 1 amide bonds. The summed E-state index contributed by atoms with van der Waals surface area (Å²) in [6.45, 7) is 1.92. The van der Waals surface area contributed by atoms with Gasteiger partial charge in [-0.25, -0.2) is 0 Å². The molecule has 2 aromatic heterocycles. The van der Waals surface area contributed by atoms with E-state index in [1.54, 1.807) is 24.7 Å². The number of hydrogen-bond donors (Lipinski definition) is 3. The number of allylic oxidation sites excluding steroid dienone is 1. The van der Waals surface area contributed by atoms with Crippen molar-refractivity contribution in [1.82, 2.24) is 9.97 Å². The molecule has 3 aromatic rings. The predicted octanol–water partition coefficient (Wildman–Crippen LogP) is 3.53. The Morgan fingerprint density at radius 3 is 3.00 bits per heavy atom. The number of aromatic amines is 1. The predicted molar refractivity (Wildman–Crippen MR) is 98.0 cm³/mol. The van der Waals surface area contributed by atoms with Crippen LogP contribution in [0.4, 0.5) is 5.69 Å². The number of aromatic nitrogens is 2. The molecule has 0 radical (unpaired) electrons. The van der Waals surface area contributed by atoms with E-state index < -0.39 is 0 Å². The summed E-state index contributed by atoms with van der Waals surface area (Å²) < 4.78 is 0. The van der Waals surface area contributed by atoms with Gasteiger partial charge >= 0.3 is 0 Å². The minimum atomic E-state index is -0.200. The molecule has 0 spiro atoms. The molecule has 0 saturated heterocycles. The Balaban J connectivity index is 1.76. The number of carbonyl (C=O) groups excluding carboxylic acids is 1. The van der Waals surface area contributed by atoms with Gasteiger partial charge in [-0.2, -0.15) is 0 Å². The lowest BCUT2D eigenvalue weighted by Gasteiger charge is -2.05. The maximum absolute atomic E-state index is 12.1. The number of H-pyrrole nitrogens is 1. The molecule has 0 saturated carbocycles. The van der Waals surface area contributed by atoms with Gasteiger partial charge in [0.2, 0.25) is 5.91 Å². The first-order valence-electron chi connectivity index (χ1n) is 7.56. The molecular weight excluding hydrogens is 300 g/mol. The van der Waals surface area contributed by atoms with Crippen molar-refractivity contribution in [1.29, 1.82) is 0 Å². The third-order valence-corrected chi connectivity index (χ3v) is 3.76. The summed E-state index contributed by atoms with van der Waals surface area (Å²) >= 11 is 0. The normalized spacial score (nSPS) is 12.0. The van der Waals surface area contributed by atoms with Crippen LogP contribution in [0, 0.1) is 0 Å². The van der Waals surface area contributed by atoms with Crippen LogP contribution in [-0.4, -0.2) is 15.9 Å². The number of anilines is 1. The van der Waals surface area contributed by atoms with Crippen molar-refractivity contribution in [2.24, 2.45) is 5.73 Å². The molecule has 24 heavy (non-hydrogen) atoms. The largest absolute Gasteiger partial charge is 0.404 e. The zero-order chi connectivity index (χ0) is 16.9. The summed E-state index contributed by atoms with van der Waals surface area (Å²) in [5, 5.41) is 3.91. The van der Waals surface area contributed by atoms with E-state index in [0.717, 1.165) is 33.3 Å². The van der Waals surface area contributed by atoms with Gasteiger partial charge in [0, 0.05) is 46.8 Å². The standard InChI is InChI=1S/C19H18N4O/c1-13(11-20)17-7-8-21-12-15(17)2-5-19(24)23-16-3-4-18-14(10-16)6-9-22-18/h2-12,22H,20H2,1H3,(H,23,24)/b5-2+,13-11+. The Morgan fingerprint density at radius 2 is 2.17 bits per heavy atom. The first-order valence-corrected chi connectivity index (χ1v) is 7.56. The van der Waals surface area contributed by atoms with E-state index in [1.807, 2.05) is 43.5 Å². The van der Waals surface area contributed by atoms with E-state index in [-0.39, 0.29) is 5.91 Å². The molecule has 5 heteroatoms. The number of amides is 1. The maximum atomic E-state index is 12.1. The van der Waals surface area contributed by atoms with Gasteiger partial charge in [-0.1, -0.05) is 0 Å². The van der Waals surface area contributed by atoms with Crippen molar-refractivity contribution in [3.05, 3.63) is 72.3 Å². The molecule has 5 nitrogen and oxygen atoms in total. The van der Waals surface area contributed by atoms with Crippen molar-refractivity contribution in [3.63, 3.8) is 0 Å². The van der Waals surface area contributed by atoms with Gasteiger partial charge in [0.05, 0.1) is 0 Å². The summed E-state index contributed by atoms with van der Waals surface area (Å²) in [6.07, 6.45) is 10.0. The second-order valence-corrected chi connectivity index (χ2v) is 5.41. The third-order valence-electron chi connectivity index (χ3n) is 3.76. The van der Waals surface area contributed by atoms with Crippen molar-refractivity contribution in [2.75, 3.05) is 5.32 Å². The molecule has 0 fully saturated rings. The molecule has 2 heterocycles. The Morgan fingerprint density at radius 1 is 1.29 bits per heavy atom. The lowest BCUT2D eigenvalue weighted by atomic mass is 10.0. The topological polar surface area (TPSA) is 83.8 Å². The number of rotatable bonds is 4. The van der Waals surface area contributed by atoms with E-state index in [4.69, 9.17) is 5.73 Å². The first kappa shape index (κ1) is 15.6. The average Bonchev–Trinajstić information content (AvgIpc) is 3.07. The summed E-state index contributed by atoms with van der Waals surface area (Å²) in [6, 6.07) is 9.56. The van der Waals surface area contributed by atoms with Crippen LogP contribution in [0.3, 0.4) is 0 Å². The van der Waals surface area contributed by atoms with Crippen LogP contribution in [0.25, 0.3) is 22.6 Å². The van der Waals surface area contributed by atoms with Crippen LogP contribution >= 0.6 is 0 Å². The molecule has 4 N–H and O–H groups in total. The van der Waals surface area contributed by atoms with E-state index >= 15 is 0 Å². The van der Waals surface area contributed by atoms with Crippen LogP contribution in [0.1, 0.15) is 18.1 Å². The Bertz CT molecular complexity index is 937. The van der Waals surface area contributed by atoms with E-state index in [0.29, 0.717) is 0 Å². The second-order valence-electron chi connectivity index (χ2n) is 5.41. The number of nitrogens with zero attached hydrogens (tertiary/aromatic N) is 1. The first-order chi connectivity index (χ1) is 11.7. The monoisotopic (exact) mass is 318 g/mol. The highest BCUT2D eigenvalue weighted by Gasteiger charge is 2.03. The fraction of sp³-hybridized carbons (Fsp3) is 0.0526. The number of carbonyl (C=O) groups is 1. The summed E-state index contributed by atoms with van der Waals surface area (Å²) in [5.74, 6) is -0.200. The molecule has 1 aromatic carbocycles. The van der Waals surface area contributed by atoms with Crippen LogP contribution in [-0.2, 0) is 4.79 Å². The molecule has 0 aliphatic carbocycles. The molecule has 120 valence electrons. The van der Waals surface area contributed by atoms with Gasteiger partial charge in [0.1, 0.15) is 0 Å². The van der Waals surface area contributed by atoms with Crippen LogP contribution in [0.15, 0.2) is 61.2 Å². The number of fused-ring (bicyclic) bond motifs is 1. The van der Waals surface area contributed by atoms with E-state index in [9.17, 15) is 4.79 Å². The summed E-state index contributed by atoms with van der Waals surface area (Å²) in [4.78, 5) is 19.4. The highest BCUT2D eigenvalue weighted by atomic mass is 16.1. The fourth-order valence-electron chi connectivity index (χ4n) is 2.47. The Labute approximate surface area is 139 Å². The molecule has 3 rings (SSSR count). The highest BCUT2D eigenvalue weighted by Crippen LogP contribution is 2.19. The van der Waals surface area contributed by atoms with Gasteiger partial charge in [-0.15, -0.1) is 0 Å². The highest BCUT2D eigenvalue weighted by molar-refractivity contribution is 6.03. The Hall–Kier alpha value is -3.34. The average molecular weight is 318 g/mol. The van der Waals surface area contributed by atoms with Crippen LogP contribution < -0.4 is 11.1 Å². The van der Waals surface area contributed by atoms with Crippen LogP contribution in [0.2, 0.25) is 0 Å². The minimum Gasteiger partial charge on any atom is -0.404 e. The van der Waals surface area contributed by atoms with Gasteiger partial charge in [-0.05, 0) is 60.7 Å². The zero-order valence-electron chi connectivity index (χ0n) is 13.3. The minimum absolute atomic E-state index is 0.200. The van der Waals surface area contributed by atoms with Crippen LogP contribution in [0.5, 0.6) is 0 Å². The van der Waals surface area contributed by atoms with Crippen molar-refractivity contribution in [3.8, 4) is 0 Å². The molecule has 0 bridgehead atoms. The summed E-state index contributed by atoms with van der Waals surface area (Å²) in [7, 11) is 0. The van der Waals surface area contributed by atoms with E-state index in [2.05, 4.69) is 15.3 Å². The number of nitrogens with one attached hydrogen (secondary N) is 2. The fourth-order valence-corrected chi connectivity index (χ4v) is 2.47. The van der Waals surface area contributed by atoms with E-state index in [1.165, 1.54) is 6.08 Å². The van der Waals surface area contributed by atoms with Crippen molar-refractivity contribution >= 4 is 34.1 Å². The van der Waals surface area contributed by atoms with Gasteiger partial charge in [0.25, 0.3) is 0 Å². The van der Waals surface area contributed by atoms with Crippen molar-refractivity contribution < 1.29 is 4.79 Å². The van der Waals surface area contributed by atoms with Gasteiger partial charge in [0.15, 0.2) is 0 Å². The molecule has 0 aliphatic rings. The Kier molecular flexibility index (Phi) is 4.43. The number of hydrogen-bond acceptors (Lipinski definition) is 3. The SMILES string of the molecule is C/C(=C\N)c1ccncc1/C=C/C(=O)Nc1ccc2[nH]ccc2c1. The van der Waals surface area contributed by atoms with Gasteiger partial charge in [-0.3, -0.25) is 9.78 Å². The summed E-state index contributed by atoms with van der Waals surface area (Å²) in [5.41, 5.74) is 10.1. The lowest BCUT2D eigenvalue weighted by Crippen LogP contribution is -2.07. The van der Waals surface area contributed by atoms with Crippen molar-refractivity contribution in [2.45, 2.75) is 6.92 Å². The smallest absolute Gasteiger partial charge is 0.248 e. The number of pyridine rings is 1. The number of nitrogens with two attached hydrogens (primary N) is 1. The quantitative estimate of drug-likeness (QED) is 0.643. The molecule has 0 unspecified atom stereocenters. The zero-order valence-corrected chi connectivity index (χ0v) is 13.3. The third kappa shape index (κ3) is 3.35. The lowest BCUT2D eigenvalue weighted by molar-refractivity contribution is -0.111. The molecular formula is C19H18N4O. The number of benzene rings is 1. The maximum Gasteiger partial charge on any atom is 0.248 e. The molecule has 0 aliphatic heterocycles. The molecule has 0 atom stereocenters. The van der Waals surface area contributed by atoms with Gasteiger partial charge < -0.3 is 16.0 Å².